The largest absolute Gasteiger partial charge is 0.497 e. The van der Waals surface area contributed by atoms with Crippen molar-refractivity contribution >= 4 is 21.7 Å². The van der Waals surface area contributed by atoms with E-state index in [9.17, 15) is 8.42 Å². The molecule has 0 saturated carbocycles. The number of methoxy groups -OCH3 is 1. The minimum absolute atomic E-state index is 0.312. The van der Waals surface area contributed by atoms with E-state index < -0.39 is 15.1 Å². The standard InChI is InChI=1S/C24H30N2O3S/c1-29-20-9-3-10-21(17-20)30(27,28)22-12-15-26-24-19(16-22)6-2-11-23(24)18-7-4-13-25-14-5-8-18/h2-3,6,9-11,15,17-18,22,25H,4-5,7-8,12-14,16H2,1H3. The van der Waals surface area contributed by atoms with Gasteiger partial charge in [-0.15, -0.1) is 0 Å². The first-order valence-electron chi connectivity index (χ1n) is 10.8. The Labute approximate surface area is 179 Å². The zero-order valence-corrected chi connectivity index (χ0v) is 18.3. The molecule has 0 aliphatic carbocycles. The summed E-state index contributed by atoms with van der Waals surface area (Å²) in [6.45, 7) is 2.13. The summed E-state index contributed by atoms with van der Waals surface area (Å²) in [7, 11) is -1.94. The van der Waals surface area contributed by atoms with Crippen molar-refractivity contribution in [3.63, 3.8) is 0 Å². The fourth-order valence-corrected chi connectivity index (χ4v) is 6.26. The molecule has 6 heteroatoms. The first-order chi connectivity index (χ1) is 14.6. The first kappa shape index (κ1) is 21.1. The molecular formula is C24H30N2O3S. The second kappa shape index (κ2) is 9.31. The number of nitrogens with one attached hydrogen (secondary N) is 1. The van der Waals surface area contributed by atoms with Crippen LogP contribution in [0.25, 0.3) is 0 Å². The van der Waals surface area contributed by atoms with Gasteiger partial charge in [0, 0.05) is 12.6 Å². The maximum absolute atomic E-state index is 13.4. The van der Waals surface area contributed by atoms with E-state index in [0.717, 1.165) is 50.0 Å². The van der Waals surface area contributed by atoms with Crippen molar-refractivity contribution in [2.24, 2.45) is 4.99 Å². The molecule has 1 saturated heterocycles. The zero-order chi connectivity index (χ0) is 21.0. The van der Waals surface area contributed by atoms with Crippen LogP contribution in [0.5, 0.6) is 5.75 Å². The summed E-state index contributed by atoms with van der Waals surface area (Å²) < 4.78 is 32.0. The average Bonchev–Trinajstić information content (AvgIpc) is 2.97. The lowest BCUT2D eigenvalue weighted by atomic mass is 9.86. The number of nitrogens with zero attached hydrogens (tertiary/aromatic N) is 1. The third-order valence-corrected chi connectivity index (χ3v) is 8.40. The Kier molecular flexibility index (Phi) is 6.54. The van der Waals surface area contributed by atoms with Gasteiger partial charge in [0.25, 0.3) is 0 Å². The van der Waals surface area contributed by atoms with Crippen molar-refractivity contribution < 1.29 is 13.2 Å². The van der Waals surface area contributed by atoms with E-state index in [4.69, 9.17) is 9.73 Å². The summed E-state index contributed by atoms with van der Waals surface area (Å²) in [6, 6.07) is 13.1. The monoisotopic (exact) mass is 426 g/mol. The van der Waals surface area contributed by atoms with Gasteiger partial charge in [0.05, 0.1) is 22.9 Å². The number of benzene rings is 2. The molecule has 1 atom stereocenters. The molecule has 5 nitrogen and oxygen atoms in total. The molecule has 0 aromatic heterocycles. The fraction of sp³-hybridized carbons (Fsp3) is 0.458. The van der Waals surface area contributed by atoms with E-state index in [1.165, 1.54) is 5.56 Å². The molecule has 2 aromatic carbocycles. The molecule has 2 aliphatic heterocycles. The number of hydrogen-bond donors (Lipinski definition) is 1. The molecule has 0 spiro atoms. The van der Waals surface area contributed by atoms with Gasteiger partial charge in [-0.2, -0.15) is 0 Å². The molecule has 2 heterocycles. The molecule has 0 radical (unpaired) electrons. The lowest BCUT2D eigenvalue weighted by Crippen LogP contribution is -2.24. The summed E-state index contributed by atoms with van der Waals surface area (Å²) in [5, 5.41) is 2.95. The van der Waals surface area contributed by atoms with Crippen LogP contribution in [-0.4, -0.2) is 40.1 Å². The molecular weight excluding hydrogens is 396 g/mol. The van der Waals surface area contributed by atoms with Crippen molar-refractivity contribution in [1.29, 1.82) is 0 Å². The van der Waals surface area contributed by atoms with Crippen molar-refractivity contribution in [3.8, 4) is 5.75 Å². The highest BCUT2D eigenvalue weighted by Gasteiger charge is 2.30. The van der Waals surface area contributed by atoms with Crippen LogP contribution in [-0.2, 0) is 16.3 Å². The third kappa shape index (κ3) is 4.44. The molecule has 0 amide bonds. The van der Waals surface area contributed by atoms with Gasteiger partial charge in [0.15, 0.2) is 9.84 Å². The number of para-hydroxylation sites is 1. The Balaban J connectivity index is 1.64. The molecule has 1 N–H and O–H groups in total. The van der Waals surface area contributed by atoms with Crippen LogP contribution in [0.4, 0.5) is 5.69 Å². The number of sulfone groups is 1. The summed E-state index contributed by atoms with van der Waals surface area (Å²) >= 11 is 0. The molecule has 2 aromatic rings. The number of aliphatic imine (C=N–C) groups is 1. The summed E-state index contributed by atoms with van der Waals surface area (Å²) in [4.78, 5) is 5.09. The van der Waals surface area contributed by atoms with Crippen LogP contribution in [0.3, 0.4) is 0 Å². The first-order valence-corrected chi connectivity index (χ1v) is 12.4. The quantitative estimate of drug-likeness (QED) is 0.785. The number of ether oxygens (including phenoxy) is 1. The van der Waals surface area contributed by atoms with Gasteiger partial charge in [-0.05, 0) is 80.4 Å². The normalized spacial score (nSPS) is 20.6. The molecule has 1 unspecified atom stereocenters. The third-order valence-electron chi connectivity index (χ3n) is 6.25. The van der Waals surface area contributed by atoms with Crippen LogP contribution in [0.15, 0.2) is 52.4 Å². The van der Waals surface area contributed by atoms with Crippen molar-refractivity contribution in [2.45, 2.75) is 54.6 Å². The summed E-state index contributed by atoms with van der Waals surface area (Å²) in [5.41, 5.74) is 3.32. The van der Waals surface area contributed by atoms with Crippen LogP contribution in [0.1, 0.15) is 49.1 Å². The van der Waals surface area contributed by atoms with Gasteiger partial charge in [-0.3, -0.25) is 4.99 Å². The minimum Gasteiger partial charge on any atom is -0.497 e. The van der Waals surface area contributed by atoms with Gasteiger partial charge in [-0.1, -0.05) is 24.3 Å². The molecule has 1 fully saturated rings. The van der Waals surface area contributed by atoms with E-state index in [0.29, 0.717) is 29.4 Å². The maximum atomic E-state index is 13.4. The highest BCUT2D eigenvalue weighted by atomic mass is 32.2. The van der Waals surface area contributed by atoms with E-state index in [2.05, 4.69) is 17.4 Å². The fourth-order valence-electron chi connectivity index (χ4n) is 4.59. The number of fused-ring (bicyclic) bond motifs is 1. The van der Waals surface area contributed by atoms with Gasteiger partial charge in [0.2, 0.25) is 0 Å². The lowest BCUT2D eigenvalue weighted by Gasteiger charge is -2.23. The topological polar surface area (TPSA) is 67.8 Å². The molecule has 2 aliphatic rings. The Bertz CT molecular complexity index is 1010. The number of rotatable bonds is 4. The maximum Gasteiger partial charge on any atom is 0.182 e. The SMILES string of the molecule is COc1cccc(S(=O)(=O)C2CC=Nc3c(cccc3C3CCCNCCC3)C2)c1. The van der Waals surface area contributed by atoms with Crippen LogP contribution in [0, 0.1) is 0 Å². The summed E-state index contributed by atoms with van der Waals surface area (Å²) in [6.07, 6.45) is 7.31. The molecule has 30 heavy (non-hydrogen) atoms. The Morgan fingerprint density at radius 2 is 1.83 bits per heavy atom. The van der Waals surface area contributed by atoms with Crippen molar-refractivity contribution in [1.82, 2.24) is 5.32 Å². The van der Waals surface area contributed by atoms with Gasteiger partial charge in [-0.25, -0.2) is 8.42 Å². The molecule has 160 valence electrons. The number of hydrogen-bond acceptors (Lipinski definition) is 5. The second-order valence-electron chi connectivity index (χ2n) is 8.18. The highest BCUT2D eigenvalue weighted by molar-refractivity contribution is 7.92. The van der Waals surface area contributed by atoms with Crippen molar-refractivity contribution in [2.75, 3.05) is 20.2 Å². The van der Waals surface area contributed by atoms with E-state index >= 15 is 0 Å². The lowest BCUT2D eigenvalue weighted by molar-refractivity contribution is 0.413. The van der Waals surface area contributed by atoms with Gasteiger partial charge >= 0.3 is 0 Å². The second-order valence-corrected chi connectivity index (χ2v) is 10.4. The minimum atomic E-state index is -3.49. The Morgan fingerprint density at radius 3 is 2.60 bits per heavy atom. The smallest absolute Gasteiger partial charge is 0.182 e. The van der Waals surface area contributed by atoms with E-state index in [1.54, 1.807) is 31.4 Å². The Hall–Kier alpha value is -2.18. The zero-order valence-electron chi connectivity index (χ0n) is 17.5. The predicted molar refractivity (Wildman–Crippen MR) is 121 cm³/mol. The predicted octanol–water partition coefficient (Wildman–Crippen LogP) is 4.43. The Morgan fingerprint density at radius 1 is 1.07 bits per heavy atom. The average molecular weight is 427 g/mol. The highest BCUT2D eigenvalue weighted by Crippen LogP contribution is 2.39. The van der Waals surface area contributed by atoms with Gasteiger partial charge < -0.3 is 10.1 Å². The molecule has 0 bridgehead atoms. The van der Waals surface area contributed by atoms with E-state index in [-0.39, 0.29) is 0 Å². The van der Waals surface area contributed by atoms with Crippen LogP contribution in [0.2, 0.25) is 0 Å². The van der Waals surface area contributed by atoms with Crippen LogP contribution < -0.4 is 10.1 Å². The summed E-state index contributed by atoms with van der Waals surface area (Å²) in [5.74, 6) is 1.05. The van der Waals surface area contributed by atoms with E-state index in [1.807, 2.05) is 12.3 Å². The molecule has 4 rings (SSSR count). The van der Waals surface area contributed by atoms with Crippen molar-refractivity contribution in [3.05, 3.63) is 53.6 Å². The van der Waals surface area contributed by atoms with Gasteiger partial charge in [0.1, 0.15) is 5.75 Å². The van der Waals surface area contributed by atoms with Crippen LogP contribution >= 0.6 is 0 Å².